The molecule has 1 aliphatic rings. The summed E-state index contributed by atoms with van der Waals surface area (Å²) in [6, 6.07) is 8.23. The first kappa shape index (κ1) is 20.3. The molecule has 2 aromatic carbocycles. The van der Waals surface area contributed by atoms with Gasteiger partial charge in [0.05, 0.1) is 19.2 Å². The van der Waals surface area contributed by atoms with Gasteiger partial charge in [0.15, 0.2) is 29.6 Å². The van der Waals surface area contributed by atoms with Gasteiger partial charge >= 0.3 is 5.97 Å². The molecule has 152 valence electrons. The van der Waals surface area contributed by atoms with Gasteiger partial charge in [0, 0.05) is 17.8 Å². The van der Waals surface area contributed by atoms with E-state index < -0.39 is 18.5 Å². The number of ether oxygens (including phenoxy) is 5. The van der Waals surface area contributed by atoms with Gasteiger partial charge in [0.1, 0.15) is 0 Å². The molecule has 0 saturated carbocycles. The lowest BCUT2D eigenvalue weighted by molar-refractivity contribution is -0.142. The van der Waals surface area contributed by atoms with E-state index >= 15 is 0 Å². The maximum atomic E-state index is 12.0. The highest BCUT2D eigenvalue weighted by Gasteiger charge is 2.14. The Morgan fingerprint density at radius 2 is 1.93 bits per heavy atom. The van der Waals surface area contributed by atoms with E-state index in [1.54, 1.807) is 30.3 Å². The van der Waals surface area contributed by atoms with Gasteiger partial charge in [-0.15, -0.1) is 0 Å². The third-order valence-electron chi connectivity index (χ3n) is 3.87. The number of amides is 1. The molecule has 0 atom stereocenters. The van der Waals surface area contributed by atoms with Gasteiger partial charge in [-0.25, -0.2) is 4.79 Å². The van der Waals surface area contributed by atoms with E-state index in [4.69, 9.17) is 35.3 Å². The first-order valence-corrected chi connectivity index (χ1v) is 8.84. The van der Waals surface area contributed by atoms with Crippen LogP contribution in [0.5, 0.6) is 23.0 Å². The molecule has 9 heteroatoms. The van der Waals surface area contributed by atoms with Gasteiger partial charge in [0.25, 0.3) is 5.91 Å². The summed E-state index contributed by atoms with van der Waals surface area (Å²) in [5.74, 6) is 0.799. The molecule has 29 heavy (non-hydrogen) atoms. The van der Waals surface area contributed by atoms with Crippen LogP contribution in [-0.4, -0.2) is 39.5 Å². The Morgan fingerprint density at radius 3 is 2.69 bits per heavy atom. The average Bonchev–Trinajstić information content (AvgIpc) is 3.18. The molecule has 0 aromatic heterocycles. The van der Waals surface area contributed by atoms with Crippen LogP contribution < -0.4 is 24.3 Å². The van der Waals surface area contributed by atoms with Crippen LogP contribution in [0.2, 0.25) is 5.02 Å². The molecule has 0 unspecified atom stereocenters. The van der Waals surface area contributed by atoms with Crippen LogP contribution in [-0.2, 0) is 14.3 Å². The Labute approximate surface area is 171 Å². The number of hydrogen-bond donors (Lipinski definition) is 1. The molecule has 0 saturated heterocycles. The van der Waals surface area contributed by atoms with Gasteiger partial charge < -0.3 is 29.0 Å². The van der Waals surface area contributed by atoms with Gasteiger partial charge in [0.2, 0.25) is 6.79 Å². The summed E-state index contributed by atoms with van der Waals surface area (Å²) in [6.07, 6.45) is 2.68. The highest BCUT2D eigenvalue weighted by atomic mass is 35.5. The quantitative estimate of drug-likeness (QED) is 0.543. The standard InChI is InChI=1S/C20H18ClNO7/c1-25-17-8-12(7-14(21)20(17)26-2)3-6-19(24)27-10-18(23)22-13-4-5-15-16(9-13)29-11-28-15/h3-9H,10-11H2,1-2H3,(H,22,23). The van der Waals surface area contributed by atoms with Crippen LogP contribution in [0.15, 0.2) is 36.4 Å². The lowest BCUT2D eigenvalue weighted by Gasteiger charge is -2.10. The van der Waals surface area contributed by atoms with Crippen molar-refractivity contribution in [2.45, 2.75) is 0 Å². The van der Waals surface area contributed by atoms with E-state index in [0.717, 1.165) is 0 Å². The van der Waals surface area contributed by atoms with Crippen molar-refractivity contribution in [3.8, 4) is 23.0 Å². The predicted octanol–water partition coefficient (Wildman–Crippen LogP) is 3.28. The second-order valence-electron chi connectivity index (χ2n) is 5.80. The molecular formula is C20H18ClNO7. The number of halogens is 1. The molecule has 0 aliphatic carbocycles. The van der Waals surface area contributed by atoms with E-state index in [-0.39, 0.29) is 6.79 Å². The second kappa shape index (κ2) is 9.20. The van der Waals surface area contributed by atoms with E-state index in [2.05, 4.69) is 5.32 Å². The van der Waals surface area contributed by atoms with E-state index in [0.29, 0.717) is 39.3 Å². The van der Waals surface area contributed by atoms with Gasteiger partial charge in [-0.1, -0.05) is 11.6 Å². The van der Waals surface area contributed by atoms with Crippen molar-refractivity contribution in [2.75, 3.05) is 32.9 Å². The summed E-state index contributed by atoms with van der Waals surface area (Å²) < 4.78 is 25.7. The number of fused-ring (bicyclic) bond motifs is 1. The number of carbonyl (C=O) groups is 2. The third kappa shape index (κ3) is 5.11. The number of benzene rings is 2. The number of hydrogen-bond acceptors (Lipinski definition) is 7. The van der Waals surface area contributed by atoms with Crippen molar-refractivity contribution in [2.24, 2.45) is 0 Å². The number of anilines is 1. The fraction of sp³-hybridized carbons (Fsp3) is 0.200. The molecule has 1 amide bonds. The van der Waals surface area contributed by atoms with Crippen LogP contribution in [0, 0.1) is 0 Å². The highest BCUT2D eigenvalue weighted by molar-refractivity contribution is 6.32. The fourth-order valence-corrected chi connectivity index (χ4v) is 2.85. The van der Waals surface area contributed by atoms with Crippen LogP contribution in [0.1, 0.15) is 5.56 Å². The summed E-state index contributed by atoms with van der Waals surface area (Å²) in [5.41, 5.74) is 1.11. The third-order valence-corrected chi connectivity index (χ3v) is 4.15. The number of nitrogens with one attached hydrogen (secondary N) is 1. The Balaban J connectivity index is 1.53. The molecular weight excluding hydrogens is 402 g/mol. The van der Waals surface area contributed by atoms with Gasteiger partial charge in [-0.2, -0.15) is 0 Å². The van der Waals surface area contributed by atoms with E-state index in [9.17, 15) is 9.59 Å². The molecule has 0 spiro atoms. The van der Waals surface area contributed by atoms with Crippen molar-refractivity contribution in [1.82, 2.24) is 0 Å². The maximum Gasteiger partial charge on any atom is 0.331 e. The topological polar surface area (TPSA) is 92.3 Å². The summed E-state index contributed by atoms with van der Waals surface area (Å²) >= 11 is 6.12. The molecule has 1 heterocycles. The number of methoxy groups -OCH3 is 2. The smallest absolute Gasteiger partial charge is 0.331 e. The minimum absolute atomic E-state index is 0.141. The van der Waals surface area contributed by atoms with E-state index in [1.165, 1.54) is 26.4 Å². The molecule has 1 N–H and O–H groups in total. The van der Waals surface area contributed by atoms with E-state index in [1.807, 2.05) is 0 Å². The number of carbonyl (C=O) groups excluding carboxylic acids is 2. The van der Waals surface area contributed by atoms with Crippen LogP contribution in [0.25, 0.3) is 6.08 Å². The molecule has 8 nitrogen and oxygen atoms in total. The van der Waals surface area contributed by atoms with Crippen LogP contribution >= 0.6 is 11.6 Å². The normalized spacial score (nSPS) is 12.0. The zero-order valence-corrected chi connectivity index (χ0v) is 16.4. The molecule has 0 bridgehead atoms. The number of rotatable bonds is 7. The van der Waals surface area contributed by atoms with Crippen molar-refractivity contribution < 1.29 is 33.3 Å². The Bertz CT molecular complexity index is 958. The maximum absolute atomic E-state index is 12.0. The monoisotopic (exact) mass is 419 g/mol. The lowest BCUT2D eigenvalue weighted by Crippen LogP contribution is -2.20. The number of esters is 1. The summed E-state index contributed by atoms with van der Waals surface area (Å²) in [7, 11) is 2.96. The Morgan fingerprint density at radius 1 is 1.14 bits per heavy atom. The van der Waals surface area contributed by atoms with Gasteiger partial charge in [-0.05, 0) is 35.9 Å². The van der Waals surface area contributed by atoms with Crippen LogP contribution in [0.4, 0.5) is 5.69 Å². The minimum Gasteiger partial charge on any atom is -0.493 e. The van der Waals surface area contributed by atoms with Crippen molar-refractivity contribution in [1.29, 1.82) is 0 Å². The van der Waals surface area contributed by atoms with Crippen molar-refractivity contribution in [3.63, 3.8) is 0 Å². The second-order valence-corrected chi connectivity index (χ2v) is 6.20. The Hall–Kier alpha value is -3.39. The minimum atomic E-state index is -0.684. The summed E-state index contributed by atoms with van der Waals surface area (Å²) in [5, 5.41) is 2.95. The Kier molecular flexibility index (Phi) is 6.46. The zero-order valence-electron chi connectivity index (χ0n) is 15.7. The summed E-state index contributed by atoms with van der Waals surface area (Å²) in [6.45, 7) is -0.299. The lowest BCUT2D eigenvalue weighted by atomic mass is 10.2. The molecule has 0 radical (unpaired) electrons. The largest absolute Gasteiger partial charge is 0.493 e. The van der Waals surface area contributed by atoms with Crippen molar-refractivity contribution in [3.05, 3.63) is 47.0 Å². The van der Waals surface area contributed by atoms with Crippen LogP contribution in [0.3, 0.4) is 0 Å². The average molecular weight is 420 g/mol. The SMILES string of the molecule is COc1cc(C=CC(=O)OCC(=O)Nc2ccc3c(c2)OCO3)cc(Cl)c1OC. The fourth-order valence-electron chi connectivity index (χ4n) is 2.55. The molecule has 1 aliphatic heterocycles. The van der Waals surface area contributed by atoms with Gasteiger partial charge in [-0.3, -0.25) is 4.79 Å². The molecule has 0 fully saturated rings. The first-order chi connectivity index (χ1) is 14.0. The first-order valence-electron chi connectivity index (χ1n) is 8.46. The zero-order chi connectivity index (χ0) is 20.8. The highest BCUT2D eigenvalue weighted by Crippen LogP contribution is 2.36. The van der Waals surface area contributed by atoms with Crippen molar-refractivity contribution >= 4 is 35.2 Å². The molecule has 3 rings (SSSR count). The summed E-state index contributed by atoms with van der Waals surface area (Å²) in [4.78, 5) is 23.8. The molecule has 2 aromatic rings. The predicted molar refractivity (Wildman–Crippen MR) is 106 cm³/mol.